The Morgan fingerprint density at radius 3 is 2.76 bits per heavy atom. The average Bonchev–Trinajstić information content (AvgIpc) is 3.70. The van der Waals surface area contributed by atoms with Crippen molar-refractivity contribution in [2.75, 3.05) is 58.1 Å². The molecular formula is C39H44F2N6O6S. The Kier molecular flexibility index (Phi) is 9.64. The first-order valence-electron chi connectivity index (χ1n) is 18.4. The van der Waals surface area contributed by atoms with Gasteiger partial charge in [0.2, 0.25) is 0 Å². The van der Waals surface area contributed by atoms with Gasteiger partial charge in [-0.2, -0.15) is 15.0 Å². The molecule has 4 aromatic rings. The molecule has 0 N–H and O–H groups in total. The van der Waals surface area contributed by atoms with E-state index in [1.165, 1.54) is 24.5 Å². The number of ether oxygens (including phenoxy) is 5. The number of rotatable bonds is 9. The molecule has 0 radical (unpaired) electrons. The fraction of sp³-hybridized carbons (Fsp3) is 0.538. The van der Waals surface area contributed by atoms with E-state index in [2.05, 4.69) is 15.7 Å². The normalized spacial score (nSPS) is 24.1. The van der Waals surface area contributed by atoms with E-state index < -0.39 is 23.1 Å². The standard InChI is InChI=1S/C39H44F2N6O6S/c1-6-28-29(41)11-9-24-14-27(51-22-49-5)15-30(31(24)28)52-36-42-32-33(45-17-23-8-10-26(20-45)47(18-23)37(48)53-38(2,3)4)43-35(44-34(32)54-36)50-21-39-12-7-13-46(39)19-25(40)16-39/h1,9,11,14-15,23,25-26H,7-8,10,12-13,16-22H2,2-5H3/t23?,25-,26?,39+/m1/s1. The second-order valence-electron chi connectivity index (χ2n) is 15.7. The van der Waals surface area contributed by atoms with Crippen LogP contribution in [0.2, 0.25) is 0 Å². The number of alkyl halides is 1. The number of benzene rings is 2. The topological polar surface area (TPSA) is 112 Å². The summed E-state index contributed by atoms with van der Waals surface area (Å²) in [6.45, 7) is 8.82. The molecule has 2 unspecified atom stereocenters. The first-order valence-corrected chi connectivity index (χ1v) is 19.2. The van der Waals surface area contributed by atoms with E-state index in [0.717, 1.165) is 32.2 Å². The second-order valence-corrected chi connectivity index (χ2v) is 16.6. The number of anilines is 1. The van der Waals surface area contributed by atoms with Crippen LogP contribution in [0.25, 0.3) is 21.1 Å². The lowest BCUT2D eigenvalue weighted by Crippen LogP contribution is -2.49. The zero-order valence-corrected chi connectivity index (χ0v) is 31.7. The number of thiazole rings is 1. The zero-order chi connectivity index (χ0) is 37.8. The maximum atomic E-state index is 15.0. The fourth-order valence-corrected chi connectivity index (χ4v) is 9.24. The van der Waals surface area contributed by atoms with E-state index in [1.807, 2.05) is 25.7 Å². The average molecular weight is 763 g/mol. The molecule has 5 saturated heterocycles. The first-order chi connectivity index (χ1) is 25.9. The van der Waals surface area contributed by atoms with Crippen LogP contribution in [0, 0.1) is 24.1 Å². The molecule has 54 heavy (non-hydrogen) atoms. The molecule has 5 aliphatic rings. The van der Waals surface area contributed by atoms with Gasteiger partial charge in [0, 0.05) is 51.2 Å². The van der Waals surface area contributed by atoms with Crippen LogP contribution in [0.1, 0.15) is 58.4 Å². The third kappa shape index (κ3) is 7.07. The van der Waals surface area contributed by atoms with Crippen molar-refractivity contribution in [2.45, 2.75) is 76.2 Å². The van der Waals surface area contributed by atoms with E-state index in [9.17, 15) is 9.18 Å². The predicted molar refractivity (Wildman–Crippen MR) is 200 cm³/mol. The molecule has 1 amide bonds. The van der Waals surface area contributed by atoms with Gasteiger partial charge in [0.15, 0.2) is 17.4 Å². The Balaban J connectivity index is 1.17. The molecule has 0 spiro atoms. The zero-order valence-electron chi connectivity index (χ0n) is 30.9. The number of terminal acetylenes is 1. The molecule has 286 valence electrons. The molecule has 9 rings (SSSR count). The number of hydrogen-bond donors (Lipinski definition) is 0. The van der Waals surface area contributed by atoms with Crippen molar-refractivity contribution < 1.29 is 37.3 Å². The molecule has 2 aromatic heterocycles. The highest BCUT2D eigenvalue weighted by atomic mass is 32.1. The van der Waals surface area contributed by atoms with Crippen molar-refractivity contribution >= 4 is 44.4 Å². The smallest absolute Gasteiger partial charge is 0.410 e. The van der Waals surface area contributed by atoms with Gasteiger partial charge in [-0.3, -0.25) is 4.90 Å². The quantitative estimate of drug-likeness (QED) is 0.131. The minimum absolute atomic E-state index is 0.00872. The fourth-order valence-electron chi connectivity index (χ4n) is 8.45. The molecule has 0 saturated carbocycles. The number of halogens is 2. The summed E-state index contributed by atoms with van der Waals surface area (Å²) in [5, 5.41) is 1.23. The van der Waals surface area contributed by atoms with Gasteiger partial charge in [-0.1, -0.05) is 23.3 Å². The van der Waals surface area contributed by atoms with Crippen LogP contribution in [0.3, 0.4) is 0 Å². The Labute approximate surface area is 316 Å². The van der Waals surface area contributed by atoms with E-state index in [4.69, 9.17) is 45.1 Å². The molecule has 5 fully saturated rings. The van der Waals surface area contributed by atoms with E-state index in [0.29, 0.717) is 65.3 Å². The summed E-state index contributed by atoms with van der Waals surface area (Å²) in [6, 6.07) is 6.34. The largest absolute Gasteiger partial charge is 0.467 e. The second kappa shape index (κ2) is 14.3. The highest BCUT2D eigenvalue weighted by Crippen LogP contribution is 2.43. The van der Waals surface area contributed by atoms with Crippen molar-refractivity contribution in [3.05, 3.63) is 35.6 Å². The van der Waals surface area contributed by atoms with Crippen molar-refractivity contribution in [1.82, 2.24) is 24.8 Å². The summed E-state index contributed by atoms with van der Waals surface area (Å²) >= 11 is 1.19. The first kappa shape index (κ1) is 36.5. The predicted octanol–water partition coefficient (Wildman–Crippen LogP) is 6.93. The number of hydrogen-bond acceptors (Lipinski definition) is 12. The van der Waals surface area contributed by atoms with Crippen LogP contribution in [-0.2, 0) is 9.47 Å². The Morgan fingerprint density at radius 1 is 1.11 bits per heavy atom. The Morgan fingerprint density at radius 2 is 1.96 bits per heavy atom. The van der Waals surface area contributed by atoms with Gasteiger partial charge in [-0.05, 0) is 76.4 Å². The monoisotopic (exact) mass is 762 g/mol. The van der Waals surface area contributed by atoms with Crippen LogP contribution < -0.4 is 19.1 Å². The number of methoxy groups -OCH3 is 1. The molecule has 12 nitrogen and oxygen atoms in total. The molecule has 2 aromatic carbocycles. The summed E-state index contributed by atoms with van der Waals surface area (Å²) in [4.78, 5) is 34.7. The molecule has 2 bridgehead atoms. The van der Waals surface area contributed by atoms with Crippen LogP contribution in [0.15, 0.2) is 24.3 Å². The maximum Gasteiger partial charge on any atom is 0.410 e. The SMILES string of the molecule is C#Cc1c(F)ccc2cc(OCOC)cc(Oc3nc4c(N5CC6CCC(C5)N(C(=O)OC(C)(C)C)C6)nc(OC[C@@]56CCCN5C[C@H](F)C6)nc4s3)c12. The van der Waals surface area contributed by atoms with Gasteiger partial charge >= 0.3 is 12.1 Å². The lowest BCUT2D eigenvalue weighted by atomic mass is 9.95. The number of piperidine rings is 1. The third-order valence-electron chi connectivity index (χ3n) is 10.8. The number of aromatic nitrogens is 3. The van der Waals surface area contributed by atoms with E-state index in [1.54, 1.807) is 18.2 Å². The van der Waals surface area contributed by atoms with Crippen LogP contribution in [0.5, 0.6) is 22.7 Å². The van der Waals surface area contributed by atoms with Gasteiger partial charge < -0.3 is 33.5 Å². The van der Waals surface area contributed by atoms with Crippen LogP contribution >= 0.6 is 11.3 Å². The summed E-state index contributed by atoms with van der Waals surface area (Å²) in [5.41, 5.74) is -0.461. The van der Waals surface area contributed by atoms with Gasteiger partial charge in [0.1, 0.15) is 41.2 Å². The summed E-state index contributed by atoms with van der Waals surface area (Å²) in [6.07, 6.45) is 8.59. The lowest BCUT2D eigenvalue weighted by Gasteiger charge is -2.37. The summed E-state index contributed by atoms with van der Waals surface area (Å²) < 4.78 is 59.1. The van der Waals surface area contributed by atoms with Crippen molar-refractivity contribution in [3.8, 4) is 35.0 Å². The highest BCUT2D eigenvalue weighted by molar-refractivity contribution is 7.19. The van der Waals surface area contributed by atoms with Crippen LogP contribution in [-0.4, -0.2) is 107 Å². The number of amides is 1. The van der Waals surface area contributed by atoms with Crippen molar-refractivity contribution in [3.63, 3.8) is 0 Å². The third-order valence-corrected chi connectivity index (χ3v) is 11.6. The molecule has 5 aliphatic heterocycles. The van der Waals surface area contributed by atoms with Crippen molar-refractivity contribution in [1.29, 1.82) is 0 Å². The maximum absolute atomic E-state index is 15.0. The molecule has 7 heterocycles. The van der Waals surface area contributed by atoms with E-state index >= 15 is 4.39 Å². The van der Waals surface area contributed by atoms with Crippen molar-refractivity contribution in [2.24, 2.45) is 5.92 Å². The summed E-state index contributed by atoms with van der Waals surface area (Å²) in [7, 11) is 1.52. The lowest BCUT2D eigenvalue weighted by molar-refractivity contribution is 0.00808. The van der Waals surface area contributed by atoms with Gasteiger partial charge in [-0.15, -0.1) is 6.42 Å². The molecule has 15 heteroatoms. The molecule has 0 aliphatic carbocycles. The Bertz CT molecular complexity index is 2120. The summed E-state index contributed by atoms with van der Waals surface area (Å²) in [5.74, 6) is 3.31. The number of carbonyl (C=O) groups excluding carboxylic acids is 1. The number of carbonyl (C=O) groups is 1. The minimum atomic E-state index is -0.896. The van der Waals surface area contributed by atoms with Gasteiger partial charge in [-0.25, -0.2) is 13.6 Å². The van der Waals surface area contributed by atoms with Gasteiger partial charge in [0.25, 0.3) is 5.19 Å². The molecule has 4 atom stereocenters. The van der Waals surface area contributed by atoms with E-state index in [-0.39, 0.29) is 54.0 Å². The Hall–Kier alpha value is -4.52. The van der Waals surface area contributed by atoms with Crippen LogP contribution in [0.4, 0.5) is 19.4 Å². The van der Waals surface area contributed by atoms with Gasteiger partial charge in [0.05, 0.1) is 17.1 Å². The number of fused-ring (bicyclic) bond motifs is 7. The minimum Gasteiger partial charge on any atom is -0.467 e. The molecular weight excluding hydrogens is 719 g/mol. The number of nitrogens with zero attached hydrogens (tertiary/aromatic N) is 6. The highest BCUT2D eigenvalue weighted by Gasteiger charge is 2.49.